The molecule has 5 nitrogen and oxygen atoms in total. The van der Waals surface area contributed by atoms with E-state index in [1.165, 1.54) is 0 Å². The van der Waals surface area contributed by atoms with Gasteiger partial charge in [0.15, 0.2) is 0 Å². The average Bonchev–Trinajstić information content (AvgIpc) is 3.06. The topological polar surface area (TPSA) is 65.2 Å². The van der Waals surface area contributed by atoms with E-state index in [0.717, 1.165) is 27.7 Å². The number of aromatic nitrogens is 1. The highest BCUT2D eigenvalue weighted by molar-refractivity contribution is 6.08. The number of nitrogens with one attached hydrogen (secondary N) is 2. The Morgan fingerprint density at radius 1 is 1.04 bits per heavy atom. The maximum atomic E-state index is 13.4. The zero-order valence-electron chi connectivity index (χ0n) is 15.8. The van der Waals surface area contributed by atoms with Gasteiger partial charge < -0.3 is 15.2 Å². The summed E-state index contributed by atoms with van der Waals surface area (Å²) >= 11 is 0. The number of H-pyrrole nitrogens is 1. The molecule has 28 heavy (non-hydrogen) atoms. The third kappa shape index (κ3) is 2.32. The maximum absolute atomic E-state index is 13.4. The Hall–Kier alpha value is -3.34. The first kappa shape index (κ1) is 16.8. The molecule has 0 unspecified atom stereocenters. The lowest BCUT2D eigenvalue weighted by Gasteiger charge is -2.49. The largest absolute Gasteiger partial charge is 0.356 e. The van der Waals surface area contributed by atoms with Gasteiger partial charge in [-0.05, 0) is 37.1 Å². The van der Waals surface area contributed by atoms with Gasteiger partial charge in [0.25, 0.3) is 5.91 Å². The van der Waals surface area contributed by atoms with Gasteiger partial charge in [0.2, 0.25) is 5.91 Å². The second-order valence-corrected chi connectivity index (χ2v) is 7.94. The summed E-state index contributed by atoms with van der Waals surface area (Å²) in [6.07, 6.45) is 2.26. The SMILES string of the molecule is CC1(C)c2[nH]c3ccccc3c2C[C@@H]2C(=O)N/C(=C\c3ccccc3)C(=O)N21. The van der Waals surface area contributed by atoms with Crippen LogP contribution in [0.1, 0.15) is 30.7 Å². The zero-order valence-corrected chi connectivity index (χ0v) is 15.8. The van der Waals surface area contributed by atoms with Gasteiger partial charge in [-0.25, -0.2) is 0 Å². The van der Waals surface area contributed by atoms with E-state index in [1.54, 1.807) is 11.0 Å². The minimum Gasteiger partial charge on any atom is -0.356 e. The third-order valence-corrected chi connectivity index (χ3v) is 5.86. The first-order valence-corrected chi connectivity index (χ1v) is 9.48. The van der Waals surface area contributed by atoms with Crippen LogP contribution in [0.2, 0.25) is 0 Å². The van der Waals surface area contributed by atoms with Crippen molar-refractivity contribution in [3.63, 3.8) is 0 Å². The number of nitrogens with zero attached hydrogens (tertiary/aromatic N) is 1. The van der Waals surface area contributed by atoms with Gasteiger partial charge in [0.05, 0.1) is 5.54 Å². The van der Waals surface area contributed by atoms with Crippen molar-refractivity contribution in [2.24, 2.45) is 0 Å². The Kier molecular flexibility index (Phi) is 3.50. The molecule has 5 heteroatoms. The Morgan fingerprint density at radius 3 is 2.54 bits per heavy atom. The van der Waals surface area contributed by atoms with E-state index in [-0.39, 0.29) is 11.8 Å². The number of para-hydroxylation sites is 1. The average molecular weight is 371 g/mol. The minimum atomic E-state index is -0.623. The number of hydrogen-bond donors (Lipinski definition) is 2. The fourth-order valence-electron chi connectivity index (χ4n) is 4.55. The fourth-order valence-corrected chi connectivity index (χ4v) is 4.55. The van der Waals surface area contributed by atoms with Crippen molar-refractivity contribution in [3.8, 4) is 0 Å². The van der Waals surface area contributed by atoms with Crippen LogP contribution in [0.4, 0.5) is 0 Å². The summed E-state index contributed by atoms with van der Waals surface area (Å²) in [5, 5.41) is 3.96. The molecule has 0 saturated carbocycles. The maximum Gasteiger partial charge on any atom is 0.271 e. The molecule has 2 amide bonds. The van der Waals surface area contributed by atoms with Crippen molar-refractivity contribution in [2.45, 2.75) is 31.8 Å². The van der Waals surface area contributed by atoms with Crippen LogP contribution in [0, 0.1) is 0 Å². The molecular weight excluding hydrogens is 350 g/mol. The minimum absolute atomic E-state index is 0.134. The summed E-state index contributed by atoms with van der Waals surface area (Å²) in [6.45, 7) is 4.01. The van der Waals surface area contributed by atoms with Crippen LogP contribution in [0.15, 0.2) is 60.3 Å². The molecule has 0 bridgehead atoms. The fraction of sp³-hybridized carbons (Fsp3) is 0.217. The van der Waals surface area contributed by atoms with Gasteiger partial charge in [-0.1, -0.05) is 48.5 Å². The van der Waals surface area contributed by atoms with E-state index in [0.29, 0.717) is 12.1 Å². The molecule has 140 valence electrons. The first-order valence-electron chi connectivity index (χ1n) is 9.48. The predicted octanol–water partition coefficient (Wildman–Crippen LogP) is 3.33. The standard InChI is InChI=1S/C23H21N3O2/c1-23(2)20-16(15-10-6-7-11-17(15)24-20)13-19-21(27)25-18(22(28)26(19)23)12-14-8-4-3-5-9-14/h3-12,19,24H,13H2,1-2H3,(H,25,27)/b18-12-/t19-/m1/s1. The molecule has 3 aromatic rings. The number of aromatic amines is 1. The van der Waals surface area contributed by atoms with Crippen LogP contribution < -0.4 is 5.32 Å². The lowest BCUT2D eigenvalue weighted by Crippen LogP contribution is -2.65. The molecule has 2 N–H and O–H groups in total. The van der Waals surface area contributed by atoms with Crippen molar-refractivity contribution in [1.82, 2.24) is 15.2 Å². The van der Waals surface area contributed by atoms with Gasteiger partial charge in [0, 0.05) is 23.0 Å². The molecular formula is C23H21N3O2. The number of carbonyl (C=O) groups is 2. The normalized spacial score (nSPS) is 22.1. The van der Waals surface area contributed by atoms with Crippen LogP contribution in [0.5, 0.6) is 0 Å². The molecule has 2 aliphatic heterocycles. The van der Waals surface area contributed by atoms with Crippen molar-refractivity contribution >= 4 is 28.8 Å². The van der Waals surface area contributed by atoms with Gasteiger partial charge in [0.1, 0.15) is 11.7 Å². The monoisotopic (exact) mass is 371 g/mol. The quantitative estimate of drug-likeness (QED) is 0.645. The summed E-state index contributed by atoms with van der Waals surface area (Å²) in [4.78, 5) is 31.6. The zero-order chi connectivity index (χ0) is 19.5. The highest BCUT2D eigenvalue weighted by Gasteiger charge is 2.50. The number of carbonyl (C=O) groups excluding carboxylic acids is 2. The molecule has 2 aliphatic rings. The van der Waals surface area contributed by atoms with E-state index in [4.69, 9.17) is 0 Å². The van der Waals surface area contributed by atoms with Gasteiger partial charge in [-0.2, -0.15) is 0 Å². The molecule has 1 saturated heterocycles. The second kappa shape index (κ2) is 5.83. The van der Waals surface area contributed by atoms with Crippen molar-refractivity contribution < 1.29 is 9.59 Å². The van der Waals surface area contributed by atoms with E-state index in [9.17, 15) is 9.59 Å². The summed E-state index contributed by atoms with van der Waals surface area (Å²) in [7, 11) is 0. The first-order chi connectivity index (χ1) is 13.5. The molecule has 3 heterocycles. The lowest BCUT2D eigenvalue weighted by molar-refractivity contribution is -0.150. The van der Waals surface area contributed by atoms with Crippen LogP contribution in [0.25, 0.3) is 17.0 Å². The number of benzene rings is 2. The predicted molar refractivity (Wildman–Crippen MR) is 108 cm³/mol. The van der Waals surface area contributed by atoms with Crippen molar-refractivity contribution in [1.29, 1.82) is 0 Å². The molecule has 1 aromatic heterocycles. The molecule has 0 spiro atoms. The molecule has 1 fully saturated rings. The van der Waals surface area contributed by atoms with Gasteiger partial charge in [-0.15, -0.1) is 0 Å². The number of piperazine rings is 1. The number of rotatable bonds is 1. The van der Waals surface area contributed by atoms with E-state index in [1.807, 2.05) is 62.4 Å². The summed E-state index contributed by atoms with van der Waals surface area (Å²) in [6, 6.07) is 17.1. The van der Waals surface area contributed by atoms with Gasteiger partial charge in [-0.3, -0.25) is 9.59 Å². The number of hydrogen-bond acceptors (Lipinski definition) is 2. The molecule has 5 rings (SSSR count). The highest BCUT2D eigenvalue weighted by atomic mass is 16.2. The Bertz CT molecular complexity index is 1140. The number of fused-ring (bicyclic) bond motifs is 4. The number of amides is 2. The molecule has 1 atom stereocenters. The van der Waals surface area contributed by atoms with Crippen LogP contribution >= 0.6 is 0 Å². The summed E-state index contributed by atoms with van der Waals surface area (Å²) in [5.41, 5.74) is 3.74. The smallest absolute Gasteiger partial charge is 0.271 e. The Balaban J connectivity index is 1.63. The van der Waals surface area contributed by atoms with Crippen LogP contribution in [0.3, 0.4) is 0 Å². The summed E-state index contributed by atoms with van der Waals surface area (Å²) in [5.74, 6) is -0.284. The molecule has 0 aliphatic carbocycles. The van der Waals surface area contributed by atoms with E-state index >= 15 is 0 Å². The van der Waals surface area contributed by atoms with Gasteiger partial charge >= 0.3 is 0 Å². The molecule has 2 aromatic carbocycles. The summed E-state index contributed by atoms with van der Waals surface area (Å²) < 4.78 is 0. The van der Waals surface area contributed by atoms with Crippen molar-refractivity contribution in [2.75, 3.05) is 0 Å². The van der Waals surface area contributed by atoms with Crippen LogP contribution in [-0.2, 0) is 21.5 Å². The highest BCUT2D eigenvalue weighted by Crippen LogP contribution is 2.42. The van der Waals surface area contributed by atoms with Crippen molar-refractivity contribution in [3.05, 3.63) is 77.1 Å². The lowest BCUT2D eigenvalue weighted by atomic mass is 9.82. The van der Waals surface area contributed by atoms with E-state index in [2.05, 4.69) is 16.4 Å². The Labute approximate surface area is 163 Å². The third-order valence-electron chi connectivity index (χ3n) is 5.86. The Morgan fingerprint density at radius 2 is 1.75 bits per heavy atom. The van der Waals surface area contributed by atoms with E-state index < -0.39 is 11.6 Å². The second-order valence-electron chi connectivity index (χ2n) is 7.94. The molecule has 0 radical (unpaired) electrons. The van der Waals surface area contributed by atoms with Crippen LogP contribution in [-0.4, -0.2) is 27.7 Å².